The number of benzene rings is 2. The molecule has 2 aromatic carbocycles. The lowest BCUT2D eigenvalue weighted by molar-refractivity contribution is -0.137. The second kappa shape index (κ2) is 7.67. The molecule has 2 N–H and O–H groups in total. The van der Waals surface area contributed by atoms with Gasteiger partial charge in [0.1, 0.15) is 5.76 Å². The molecule has 0 atom stereocenters. The van der Waals surface area contributed by atoms with Gasteiger partial charge in [-0.2, -0.15) is 13.2 Å². The van der Waals surface area contributed by atoms with E-state index >= 15 is 0 Å². The monoisotopic (exact) mass is 391 g/mol. The number of nitrogens with one attached hydrogen (secondary N) is 1. The molecule has 0 aliphatic rings. The number of aromatic hydroxyl groups is 1. The third-order valence-corrected chi connectivity index (χ3v) is 4.00. The maximum Gasteiger partial charge on any atom is 0.416 e. The van der Waals surface area contributed by atoms with Crippen LogP contribution in [-0.2, 0) is 12.7 Å². The number of amides is 1. The van der Waals surface area contributed by atoms with Crippen LogP contribution in [0.3, 0.4) is 0 Å². The molecule has 0 spiro atoms. The van der Waals surface area contributed by atoms with Gasteiger partial charge in [0.25, 0.3) is 5.91 Å². The highest BCUT2D eigenvalue weighted by molar-refractivity contribution is 5.92. The quantitative estimate of drug-likeness (QED) is 0.666. The minimum atomic E-state index is -4.46. The standard InChI is InChI=1S/C20H16F3NO4/c1-27-18-9-12(5-6-15(18)25)11-24-19(26)17-8-7-16(28-17)13-3-2-4-14(10-13)20(21,22)23/h2-10,25H,11H2,1H3,(H,24,26). The van der Waals surface area contributed by atoms with Crippen molar-refractivity contribution in [3.63, 3.8) is 0 Å². The van der Waals surface area contributed by atoms with Crippen LogP contribution in [0, 0.1) is 0 Å². The second-order valence-corrected chi connectivity index (χ2v) is 5.93. The number of carbonyl (C=O) groups excluding carboxylic acids is 1. The minimum Gasteiger partial charge on any atom is -0.504 e. The van der Waals surface area contributed by atoms with Gasteiger partial charge in [-0.3, -0.25) is 4.79 Å². The number of rotatable bonds is 5. The first-order valence-electron chi connectivity index (χ1n) is 8.19. The van der Waals surface area contributed by atoms with Crippen molar-refractivity contribution < 1.29 is 32.2 Å². The van der Waals surface area contributed by atoms with Gasteiger partial charge in [0, 0.05) is 12.1 Å². The molecule has 0 saturated carbocycles. The van der Waals surface area contributed by atoms with Gasteiger partial charge in [-0.15, -0.1) is 0 Å². The smallest absolute Gasteiger partial charge is 0.416 e. The zero-order valence-electron chi connectivity index (χ0n) is 14.7. The largest absolute Gasteiger partial charge is 0.504 e. The van der Waals surface area contributed by atoms with E-state index in [1.165, 1.54) is 37.4 Å². The highest BCUT2D eigenvalue weighted by atomic mass is 19.4. The number of alkyl halides is 3. The predicted molar refractivity (Wildman–Crippen MR) is 95.0 cm³/mol. The van der Waals surface area contributed by atoms with Crippen LogP contribution in [0.1, 0.15) is 21.7 Å². The number of phenols is 1. The average Bonchev–Trinajstić information content (AvgIpc) is 3.17. The molecule has 8 heteroatoms. The number of carbonyl (C=O) groups is 1. The van der Waals surface area contributed by atoms with Crippen LogP contribution in [-0.4, -0.2) is 18.1 Å². The highest BCUT2D eigenvalue weighted by Crippen LogP contribution is 2.32. The van der Waals surface area contributed by atoms with Crippen LogP contribution in [0.4, 0.5) is 13.2 Å². The fraction of sp³-hybridized carbons (Fsp3) is 0.150. The van der Waals surface area contributed by atoms with Crippen LogP contribution in [0.25, 0.3) is 11.3 Å². The van der Waals surface area contributed by atoms with E-state index in [2.05, 4.69) is 5.32 Å². The summed E-state index contributed by atoms with van der Waals surface area (Å²) in [6.45, 7) is 0.148. The first-order valence-corrected chi connectivity index (χ1v) is 8.19. The Labute approximate surface area is 158 Å². The molecule has 146 valence electrons. The van der Waals surface area contributed by atoms with E-state index in [9.17, 15) is 23.1 Å². The number of hydrogen-bond donors (Lipinski definition) is 2. The van der Waals surface area contributed by atoms with Gasteiger partial charge in [-0.25, -0.2) is 0 Å². The number of furan rings is 1. The van der Waals surface area contributed by atoms with E-state index in [1.54, 1.807) is 12.1 Å². The zero-order chi connectivity index (χ0) is 20.3. The SMILES string of the molecule is COc1cc(CNC(=O)c2ccc(-c3cccc(C(F)(F)F)c3)o2)ccc1O. The Balaban J connectivity index is 1.71. The van der Waals surface area contributed by atoms with Crippen molar-refractivity contribution in [3.8, 4) is 22.8 Å². The van der Waals surface area contributed by atoms with Gasteiger partial charge in [0.05, 0.1) is 12.7 Å². The van der Waals surface area contributed by atoms with E-state index in [0.29, 0.717) is 5.56 Å². The van der Waals surface area contributed by atoms with E-state index in [1.807, 2.05) is 0 Å². The highest BCUT2D eigenvalue weighted by Gasteiger charge is 2.30. The lowest BCUT2D eigenvalue weighted by atomic mass is 10.1. The van der Waals surface area contributed by atoms with Gasteiger partial charge in [-0.1, -0.05) is 18.2 Å². The molecule has 3 rings (SSSR count). The van der Waals surface area contributed by atoms with Gasteiger partial charge >= 0.3 is 6.18 Å². The molecule has 5 nitrogen and oxygen atoms in total. The first-order chi connectivity index (χ1) is 13.3. The average molecular weight is 391 g/mol. The van der Waals surface area contributed by atoms with E-state index in [0.717, 1.165) is 12.1 Å². The molecule has 3 aromatic rings. The third-order valence-electron chi connectivity index (χ3n) is 4.00. The lowest BCUT2D eigenvalue weighted by Gasteiger charge is -2.08. The van der Waals surface area contributed by atoms with Crippen LogP contribution < -0.4 is 10.1 Å². The number of phenolic OH excluding ortho intramolecular Hbond substituents is 1. The Kier molecular flexibility index (Phi) is 5.30. The Morgan fingerprint density at radius 2 is 1.93 bits per heavy atom. The maximum atomic E-state index is 12.8. The molecular weight excluding hydrogens is 375 g/mol. The van der Waals surface area contributed by atoms with Gasteiger partial charge in [0.15, 0.2) is 17.3 Å². The fourth-order valence-electron chi connectivity index (χ4n) is 2.57. The topological polar surface area (TPSA) is 71.7 Å². The van der Waals surface area contributed by atoms with E-state index in [4.69, 9.17) is 9.15 Å². The molecule has 0 fully saturated rings. The van der Waals surface area contributed by atoms with Gasteiger partial charge in [-0.05, 0) is 42.0 Å². The van der Waals surface area contributed by atoms with Crippen molar-refractivity contribution in [2.45, 2.75) is 12.7 Å². The molecule has 1 amide bonds. The predicted octanol–water partition coefficient (Wildman–Crippen LogP) is 4.61. The summed E-state index contributed by atoms with van der Waals surface area (Å²) >= 11 is 0. The zero-order valence-corrected chi connectivity index (χ0v) is 14.7. The van der Waals surface area contributed by atoms with Crippen molar-refractivity contribution in [2.24, 2.45) is 0 Å². The van der Waals surface area contributed by atoms with Crippen molar-refractivity contribution in [3.05, 3.63) is 71.5 Å². The fourth-order valence-corrected chi connectivity index (χ4v) is 2.57. The molecule has 0 saturated heterocycles. The summed E-state index contributed by atoms with van der Waals surface area (Å²) in [6, 6.07) is 12.1. The second-order valence-electron chi connectivity index (χ2n) is 5.93. The normalized spacial score (nSPS) is 11.3. The van der Waals surface area contributed by atoms with Crippen LogP contribution in [0.2, 0.25) is 0 Å². The Bertz CT molecular complexity index is 995. The summed E-state index contributed by atoms with van der Waals surface area (Å²) < 4.78 is 48.9. The molecule has 0 radical (unpaired) electrons. The molecule has 1 heterocycles. The summed E-state index contributed by atoms with van der Waals surface area (Å²) in [5, 5.41) is 12.2. The van der Waals surface area contributed by atoms with Crippen LogP contribution >= 0.6 is 0 Å². The lowest BCUT2D eigenvalue weighted by Crippen LogP contribution is -2.22. The Hall–Kier alpha value is -3.42. The molecule has 0 unspecified atom stereocenters. The van der Waals surface area contributed by atoms with Gasteiger partial charge in [0.2, 0.25) is 0 Å². The van der Waals surface area contributed by atoms with Gasteiger partial charge < -0.3 is 19.6 Å². The molecule has 0 aliphatic heterocycles. The molecule has 28 heavy (non-hydrogen) atoms. The summed E-state index contributed by atoms with van der Waals surface area (Å²) in [5.41, 5.74) is 0.110. The van der Waals surface area contributed by atoms with E-state index in [-0.39, 0.29) is 35.1 Å². The Morgan fingerprint density at radius 1 is 1.14 bits per heavy atom. The number of ether oxygens (including phenoxy) is 1. The molecule has 0 bridgehead atoms. The molecule has 0 aliphatic carbocycles. The number of hydrogen-bond acceptors (Lipinski definition) is 4. The van der Waals surface area contributed by atoms with Crippen molar-refractivity contribution in [1.82, 2.24) is 5.32 Å². The summed E-state index contributed by atoms with van der Waals surface area (Å²) in [6.07, 6.45) is -4.46. The Morgan fingerprint density at radius 3 is 2.64 bits per heavy atom. The third kappa shape index (κ3) is 4.28. The van der Waals surface area contributed by atoms with E-state index < -0.39 is 17.6 Å². The minimum absolute atomic E-state index is 0.0191. The van der Waals surface area contributed by atoms with Crippen molar-refractivity contribution in [2.75, 3.05) is 7.11 Å². The van der Waals surface area contributed by atoms with Crippen molar-refractivity contribution >= 4 is 5.91 Å². The summed E-state index contributed by atoms with van der Waals surface area (Å²) in [4.78, 5) is 12.2. The summed E-state index contributed by atoms with van der Waals surface area (Å²) in [5.74, 6) is -0.142. The number of halogens is 3. The molecule has 1 aromatic heterocycles. The summed E-state index contributed by atoms with van der Waals surface area (Å²) in [7, 11) is 1.41. The maximum absolute atomic E-state index is 12.8. The molecular formula is C20H16F3NO4. The first kappa shape index (κ1) is 19.3. The van der Waals surface area contributed by atoms with Crippen LogP contribution in [0.15, 0.2) is 59.0 Å². The number of methoxy groups -OCH3 is 1. The van der Waals surface area contributed by atoms with Crippen molar-refractivity contribution in [1.29, 1.82) is 0 Å². The van der Waals surface area contributed by atoms with Crippen LogP contribution in [0.5, 0.6) is 11.5 Å².